The summed E-state index contributed by atoms with van der Waals surface area (Å²) < 4.78 is 25.3. The molecule has 0 saturated carbocycles. The van der Waals surface area contributed by atoms with Crippen LogP contribution in [0.5, 0.6) is 0 Å². The maximum absolute atomic E-state index is 12.2. The summed E-state index contributed by atoms with van der Waals surface area (Å²) in [4.78, 5) is 16.0. The third-order valence-corrected chi connectivity index (χ3v) is 5.13. The van der Waals surface area contributed by atoms with Gasteiger partial charge in [-0.1, -0.05) is 6.07 Å². The van der Waals surface area contributed by atoms with Crippen LogP contribution in [0.25, 0.3) is 0 Å². The third-order valence-electron chi connectivity index (χ3n) is 2.75. The van der Waals surface area contributed by atoms with Gasteiger partial charge in [0.2, 0.25) is 0 Å². The van der Waals surface area contributed by atoms with Crippen LogP contribution < -0.4 is 5.32 Å². The van der Waals surface area contributed by atoms with Crippen LogP contribution in [0.3, 0.4) is 0 Å². The molecule has 0 unspecified atom stereocenters. The monoisotopic (exact) mass is 334 g/mol. The first-order valence-corrected chi connectivity index (χ1v) is 8.50. The SMILES string of the molecule is O=C(Nc1cnn(S(=O)(=O)c2ccsc2)c1)c1ccccn1. The normalized spacial score (nSPS) is 11.3. The van der Waals surface area contributed by atoms with E-state index in [1.54, 1.807) is 23.6 Å². The van der Waals surface area contributed by atoms with Crippen molar-refractivity contribution in [2.24, 2.45) is 0 Å². The summed E-state index contributed by atoms with van der Waals surface area (Å²) in [5, 5.41) is 9.52. The lowest BCUT2D eigenvalue weighted by molar-refractivity contribution is 0.102. The molecule has 0 aromatic carbocycles. The molecule has 22 heavy (non-hydrogen) atoms. The lowest BCUT2D eigenvalue weighted by atomic mass is 10.3. The Balaban J connectivity index is 1.82. The molecule has 0 saturated heterocycles. The van der Waals surface area contributed by atoms with Crippen molar-refractivity contribution in [2.75, 3.05) is 5.32 Å². The van der Waals surface area contributed by atoms with Crippen molar-refractivity contribution in [3.8, 4) is 0 Å². The van der Waals surface area contributed by atoms with Crippen LogP contribution in [0, 0.1) is 0 Å². The van der Waals surface area contributed by atoms with E-state index >= 15 is 0 Å². The molecule has 3 heterocycles. The molecule has 7 nitrogen and oxygen atoms in total. The van der Waals surface area contributed by atoms with Gasteiger partial charge in [-0.25, -0.2) is 0 Å². The predicted octanol–water partition coefficient (Wildman–Crippen LogP) is 1.83. The van der Waals surface area contributed by atoms with Gasteiger partial charge in [-0.3, -0.25) is 9.78 Å². The number of hydrogen-bond donors (Lipinski definition) is 1. The highest BCUT2D eigenvalue weighted by Crippen LogP contribution is 2.18. The molecule has 0 aliphatic heterocycles. The molecular weight excluding hydrogens is 324 g/mol. The quantitative estimate of drug-likeness (QED) is 0.785. The summed E-state index contributed by atoms with van der Waals surface area (Å²) in [7, 11) is -3.73. The largest absolute Gasteiger partial charge is 0.318 e. The Hall–Kier alpha value is -2.52. The summed E-state index contributed by atoms with van der Waals surface area (Å²) in [5.74, 6) is -0.437. The Bertz CT molecular complexity index is 887. The molecule has 9 heteroatoms. The maximum Gasteiger partial charge on any atom is 0.283 e. The maximum atomic E-state index is 12.2. The van der Waals surface area contributed by atoms with Gasteiger partial charge in [-0.05, 0) is 23.6 Å². The average Bonchev–Trinajstić information content (AvgIpc) is 3.20. The molecule has 0 atom stereocenters. The number of carbonyl (C=O) groups excluding carboxylic acids is 1. The van der Waals surface area contributed by atoms with Crippen LogP contribution in [-0.4, -0.2) is 28.5 Å². The van der Waals surface area contributed by atoms with Crippen molar-refractivity contribution in [3.63, 3.8) is 0 Å². The number of nitrogens with one attached hydrogen (secondary N) is 1. The molecule has 112 valence electrons. The predicted molar refractivity (Wildman–Crippen MR) is 81.3 cm³/mol. The van der Waals surface area contributed by atoms with Gasteiger partial charge in [0, 0.05) is 11.6 Å². The van der Waals surface area contributed by atoms with Gasteiger partial charge >= 0.3 is 0 Å². The minimum Gasteiger partial charge on any atom is -0.318 e. The number of thiophene rings is 1. The molecule has 0 bridgehead atoms. The van der Waals surface area contributed by atoms with Crippen LogP contribution >= 0.6 is 11.3 Å². The topological polar surface area (TPSA) is 94.0 Å². The van der Waals surface area contributed by atoms with E-state index < -0.39 is 15.9 Å². The molecule has 0 aliphatic rings. The average molecular weight is 334 g/mol. The van der Waals surface area contributed by atoms with Crippen molar-refractivity contribution in [3.05, 3.63) is 59.3 Å². The van der Waals surface area contributed by atoms with Crippen LogP contribution in [0.15, 0.2) is 58.5 Å². The molecular formula is C13H10N4O3S2. The smallest absolute Gasteiger partial charge is 0.283 e. The van der Waals surface area contributed by atoms with Crippen LogP contribution in [0.1, 0.15) is 10.5 Å². The fourth-order valence-electron chi connectivity index (χ4n) is 1.70. The van der Waals surface area contributed by atoms with Gasteiger partial charge in [0.25, 0.3) is 15.9 Å². The van der Waals surface area contributed by atoms with E-state index in [9.17, 15) is 13.2 Å². The number of aromatic nitrogens is 3. The number of anilines is 1. The van der Waals surface area contributed by atoms with Gasteiger partial charge in [-0.2, -0.15) is 28.9 Å². The fourth-order valence-corrected chi connectivity index (χ4v) is 3.83. The van der Waals surface area contributed by atoms with Gasteiger partial charge in [-0.15, -0.1) is 0 Å². The Kier molecular flexibility index (Phi) is 3.73. The summed E-state index contributed by atoms with van der Waals surface area (Å²) in [5.41, 5.74) is 0.505. The third kappa shape index (κ3) is 2.76. The first kappa shape index (κ1) is 14.4. The van der Waals surface area contributed by atoms with Gasteiger partial charge < -0.3 is 5.32 Å². The second kappa shape index (κ2) is 5.70. The van der Waals surface area contributed by atoms with E-state index in [0.717, 1.165) is 4.09 Å². The van der Waals surface area contributed by atoms with Gasteiger partial charge in [0.1, 0.15) is 5.69 Å². The molecule has 0 radical (unpaired) electrons. The summed E-state index contributed by atoms with van der Waals surface area (Å²) >= 11 is 1.28. The summed E-state index contributed by atoms with van der Waals surface area (Å²) in [6.07, 6.45) is 4.01. The van der Waals surface area contributed by atoms with E-state index in [4.69, 9.17) is 0 Å². The van der Waals surface area contributed by atoms with Gasteiger partial charge in [0.15, 0.2) is 0 Å². The van der Waals surface area contributed by atoms with E-state index in [2.05, 4.69) is 15.4 Å². The zero-order valence-corrected chi connectivity index (χ0v) is 12.7. The number of amides is 1. The first-order chi connectivity index (χ1) is 10.6. The Labute approximate surface area is 130 Å². The molecule has 3 aromatic heterocycles. The van der Waals surface area contributed by atoms with Crippen LogP contribution in [0.4, 0.5) is 5.69 Å². The number of carbonyl (C=O) groups is 1. The molecule has 0 fully saturated rings. The second-order valence-electron chi connectivity index (χ2n) is 4.23. The zero-order valence-electron chi connectivity index (χ0n) is 11.1. The highest BCUT2D eigenvalue weighted by atomic mass is 32.2. The standard InChI is InChI=1S/C13H10N4O3S2/c18-13(12-3-1-2-5-14-12)16-10-7-15-17(8-10)22(19,20)11-4-6-21-9-11/h1-9H,(H,16,18). The Morgan fingerprint density at radius 2 is 2.14 bits per heavy atom. The van der Waals surface area contributed by atoms with E-state index in [1.807, 2.05) is 0 Å². The molecule has 0 spiro atoms. The van der Waals surface area contributed by atoms with E-state index in [1.165, 1.54) is 41.4 Å². The number of nitrogens with zero attached hydrogens (tertiary/aromatic N) is 3. The minimum absolute atomic E-state index is 0.156. The number of pyridine rings is 1. The lowest BCUT2D eigenvalue weighted by Crippen LogP contribution is -2.14. The lowest BCUT2D eigenvalue weighted by Gasteiger charge is -2.02. The number of hydrogen-bond acceptors (Lipinski definition) is 6. The van der Waals surface area contributed by atoms with Crippen molar-refractivity contribution in [1.82, 2.24) is 14.2 Å². The minimum atomic E-state index is -3.73. The van der Waals surface area contributed by atoms with Crippen LogP contribution in [-0.2, 0) is 10.0 Å². The first-order valence-electron chi connectivity index (χ1n) is 6.12. The highest BCUT2D eigenvalue weighted by Gasteiger charge is 2.19. The summed E-state index contributed by atoms with van der Waals surface area (Å²) in [6.45, 7) is 0. The Morgan fingerprint density at radius 1 is 1.27 bits per heavy atom. The van der Waals surface area contributed by atoms with Crippen molar-refractivity contribution in [1.29, 1.82) is 0 Å². The van der Waals surface area contributed by atoms with Crippen LogP contribution in [0.2, 0.25) is 0 Å². The van der Waals surface area contributed by atoms with E-state index in [0.29, 0.717) is 0 Å². The van der Waals surface area contributed by atoms with Crippen molar-refractivity contribution in [2.45, 2.75) is 4.90 Å². The second-order valence-corrected chi connectivity index (χ2v) is 6.81. The number of rotatable bonds is 4. The molecule has 1 amide bonds. The molecule has 3 aromatic rings. The van der Waals surface area contributed by atoms with E-state index in [-0.39, 0.29) is 16.3 Å². The molecule has 0 aliphatic carbocycles. The van der Waals surface area contributed by atoms with Gasteiger partial charge in [0.05, 0.1) is 23.0 Å². The molecule has 1 N–H and O–H groups in total. The van der Waals surface area contributed by atoms with Crippen molar-refractivity contribution >= 4 is 33.0 Å². The zero-order chi connectivity index (χ0) is 15.6. The Morgan fingerprint density at radius 3 is 2.82 bits per heavy atom. The highest BCUT2D eigenvalue weighted by molar-refractivity contribution is 7.90. The molecule has 3 rings (SSSR count). The van der Waals surface area contributed by atoms with Crippen molar-refractivity contribution < 1.29 is 13.2 Å². The summed E-state index contributed by atoms with van der Waals surface area (Å²) in [6, 6.07) is 6.43. The fraction of sp³-hybridized carbons (Fsp3) is 0.